The molecule has 26 heavy (non-hydrogen) atoms. The van der Waals surface area contributed by atoms with Gasteiger partial charge in [0, 0.05) is 17.3 Å². The van der Waals surface area contributed by atoms with Crippen molar-refractivity contribution in [2.45, 2.75) is 25.4 Å². The van der Waals surface area contributed by atoms with E-state index < -0.39 is 0 Å². The number of nitrogens with one attached hydrogen (secondary N) is 2. The molecule has 1 aliphatic carbocycles. The number of piperidine rings is 1. The second-order valence-corrected chi connectivity index (χ2v) is 7.11. The molecule has 0 bridgehead atoms. The molecule has 5 rings (SSSR count). The van der Waals surface area contributed by atoms with E-state index in [1.165, 1.54) is 12.8 Å². The van der Waals surface area contributed by atoms with Crippen LogP contribution in [0, 0.1) is 16.7 Å². The van der Waals surface area contributed by atoms with Gasteiger partial charge in [0.1, 0.15) is 17.5 Å². The molecule has 2 aliphatic rings. The Morgan fingerprint density at radius 3 is 3.00 bits per heavy atom. The summed E-state index contributed by atoms with van der Waals surface area (Å²) in [5.41, 5.74) is 3.09. The number of aromatic nitrogens is 4. The van der Waals surface area contributed by atoms with E-state index in [4.69, 9.17) is 10.00 Å². The molecule has 2 fully saturated rings. The smallest absolute Gasteiger partial charge is 0.233 e. The molecule has 7 heteroatoms. The van der Waals surface area contributed by atoms with Crippen LogP contribution in [-0.2, 0) is 0 Å². The molecule has 1 aromatic carbocycles. The number of nitrogens with zero attached hydrogens (tertiary/aromatic N) is 4. The molecule has 3 heterocycles. The molecular weight excluding hydrogens is 328 g/mol. The van der Waals surface area contributed by atoms with Crippen molar-refractivity contribution in [1.82, 2.24) is 25.5 Å². The second-order valence-electron chi connectivity index (χ2n) is 7.11. The lowest BCUT2D eigenvalue weighted by molar-refractivity contribution is 0.0844. The zero-order chi connectivity index (χ0) is 17.6. The van der Waals surface area contributed by atoms with E-state index in [1.807, 2.05) is 12.1 Å². The van der Waals surface area contributed by atoms with Gasteiger partial charge in [-0.15, -0.1) is 0 Å². The van der Waals surface area contributed by atoms with E-state index in [0.717, 1.165) is 30.4 Å². The predicted molar refractivity (Wildman–Crippen MR) is 95.4 cm³/mol. The average molecular weight is 346 g/mol. The van der Waals surface area contributed by atoms with Crippen LogP contribution in [0.1, 0.15) is 24.8 Å². The fourth-order valence-electron chi connectivity index (χ4n) is 3.79. The molecule has 2 N–H and O–H groups in total. The lowest BCUT2D eigenvalue weighted by Gasteiger charge is -2.32. The number of nitriles is 1. The monoisotopic (exact) mass is 346 g/mol. The van der Waals surface area contributed by atoms with Gasteiger partial charge in [0.2, 0.25) is 5.88 Å². The third-order valence-corrected chi connectivity index (χ3v) is 5.51. The van der Waals surface area contributed by atoms with Gasteiger partial charge in [0.15, 0.2) is 0 Å². The fraction of sp³-hybridized carbons (Fsp3) is 0.368. The predicted octanol–water partition coefficient (Wildman–Crippen LogP) is 2.41. The summed E-state index contributed by atoms with van der Waals surface area (Å²) in [4.78, 5) is 8.93. The number of benzene rings is 1. The minimum atomic E-state index is 0.141. The molecule has 3 aromatic rings. The van der Waals surface area contributed by atoms with E-state index >= 15 is 0 Å². The van der Waals surface area contributed by atoms with E-state index in [2.05, 4.69) is 31.6 Å². The van der Waals surface area contributed by atoms with Gasteiger partial charge in [-0.3, -0.25) is 10.1 Å². The van der Waals surface area contributed by atoms with Crippen molar-refractivity contribution in [1.29, 1.82) is 5.26 Å². The molecular formula is C19H18N6O. The van der Waals surface area contributed by atoms with Crippen LogP contribution in [0.3, 0.4) is 0 Å². The maximum atomic E-state index is 9.14. The fourth-order valence-corrected chi connectivity index (χ4v) is 3.79. The van der Waals surface area contributed by atoms with E-state index in [1.54, 1.807) is 18.5 Å². The second kappa shape index (κ2) is 5.78. The Labute approximate surface area is 150 Å². The van der Waals surface area contributed by atoms with E-state index in [9.17, 15) is 0 Å². The highest BCUT2D eigenvalue weighted by atomic mass is 16.5. The van der Waals surface area contributed by atoms with Crippen LogP contribution < -0.4 is 10.1 Å². The van der Waals surface area contributed by atoms with Crippen LogP contribution in [-0.4, -0.2) is 39.4 Å². The Balaban J connectivity index is 1.48. The van der Waals surface area contributed by atoms with E-state index in [0.29, 0.717) is 28.2 Å². The minimum absolute atomic E-state index is 0.141. The van der Waals surface area contributed by atoms with Crippen LogP contribution in [0.4, 0.5) is 0 Å². The summed E-state index contributed by atoms with van der Waals surface area (Å²) in [6, 6.07) is 7.59. The van der Waals surface area contributed by atoms with Gasteiger partial charge in [0.05, 0.1) is 29.5 Å². The molecule has 1 saturated heterocycles. The summed E-state index contributed by atoms with van der Waals surface area (Å²) in [6.45, 7) is 1.91. The molecule has 1 spiro atoms. The quantitative estimate of drug-likeness (QED) is 0.755. The number of H-pyrrole nitrogens is 1. The highest BCUT2D eigenvalue weighted by molar-refractivity contribution is 5.92. The first-order chi connectivity index (χ1) is 12.8. The Morgan fingerprint density at radius 1 is 1.23 bits per heavy atom. The summed E-state index contributed by atoms with van der Waals surface area (Å²) < 4.78 is 6.20. The maximum absolute atomic E-state index is 9.14. The van der Waals surface area contributed by atoms with Crippen molar-refractivity contribution in [3.05, 3.63) is 36.2 Å². The summed E-state index contributed by atoms with van der Waals surface area (Å²) >= 11 is 0. The van der Waals surface area contributed by atoms with Gasteiger partial charge >= 0.3 is 0 Å². The van der Waals surface area contributed by atoms with Crippen molar-refractivity contribution in [3.8, 4) is 23.3 Å². The van der Waals surface area contributed by atoms with Crippen molar-refractivity contribution in [2.75, 3.05) is 13.1 Å². The normalized spacial score (nSPS) is 20.8. The third-order valence-electron chi connectivity index (χ3n) is 5.51. The highest BCUT2D eigenvalue weighted by Crippen LogP contribution is 2.53. The third kappa shape index (κ3) is 2.50. The minimum Gasteiger partial charge on any atom is -0.471 e. The maximum Gasteiger partial charge on any atom is 0.233 e. The van der Waals surface area contributed by atoms with Crippen LogP contribution >= 0.6 is 0 Å². The molecule has 1 aliphatic heterocycles. The molecule has 0 unspecified atom stereocenters. The molecule has 0 amide bonds. The zero-order valence-corrected chi connectivity index (χ0v) is 14.2. The van der Waals surface area contributed by atoms with Gasteiger partial charge in [-0.25, -0.2) is 4.98 Å². The summed E-state index contributed by atoms with van der Waals surface area (Å²) in [7, 11) is 0. The average Bonchev–Trinajstić information content (AvgIpc) is 3.32. The standard InChI is InChI=1S/C19H18N6O/c20-8-12-1-2-14-13(7-12)18(25-24-14)15-9-22-11-17(23-15)26-16-10-21-6-5-19(16)3-4-19/h1-2,7,9,11,16,21H,3-6,10H2,(H,24,25)/t16-/m0/s1. The molecule has 1 atom stereocenters. The van der Waals surface area contributed by atoms with Crippen LogP contribution in [0.5, 0.6) is 5.88 Å². The molecule has 0 radical (unpaired) electrons. The zero-order valence-electron chi connectivity index (χ0n) is 14.2. The number of ether oxygens (including phenoxy) is 1. The largest absolute Gasteiger partial charge is 0.471 e. The Morgan fingerprint density at radius 2 is 2.15 bits per heavy atom. The van der Waals surface area contributed by atoms with Gasteiger partial charge in [-0.2, -0.15) is 10.4 Å². The summed E-state index contributed by atoms with van der Waals surface area (Å²) in [5, 5.41) is 20.8. The lowest BCUT2D eigenvalue weighted by Crippen LogP contribution is -2.45. The van der Waals surface area contributed by atoms with Crippen LogP contribution in [0.25, 0.3) is 22.3 Å². The molecule has 7 nitrogen and oxygen atoms in total. The molecule has 1 saturated carbocycles. The Hall–Kier alpha value is -2.98. The number of hydrogen-bond donors (Lipinski definition) is 2. The van der Waals surface area contributed by atoms with Gasteiger partial charge < -0.3 is 10.1 Å². The first kappa shape index (κ1) is 15.3. The summed E-state index contributed by atoms with van der Waals surface area (Å²) in [5.74, 6) is 0.523. The van der Waals surface area contributed by atoms with E-state index in [-0.39, 0.29) is 6.10 Å². The SMILES string of the molecule is N#Cc1ccc2[nH]nc(-c3cncc(O[C@H]4CNCCC45CC5)n3)c2c1. The highest BCUT2D eigenvalue weighted by Gasteiger charge is 2.52. The van der Waals surface area contributed by atoms with Crippen molar-refractivity contribution in [2.24, 2.45) is 5.41 Å². The van der Waals surface area contributed by atoms with Crippen LogP contribution in [0.2, 0.25) is 0 Å². The number of fused-ring (bicyclic) bond motifs is 1. The first-order valence-corrected chi connectivity index (χ1v) is 8.85. The Kier molecular flexibility index (Phi) is 3.40. The lowest BCUT2D eigenvalue weighted by atomic mass is 9.92. The topological polar surface area (TPSA) is 99.5 Å². The van der Waals surface area contributed by atoms with Crippen molar-refractivity contribution >= 4 is 10.9 Å². The number of hydrogen-bond acceptors (Lipinski definition) is 6. The number of aromatic amines is 1. The first-order valence-electron chi connectivity index (χ1n) is 8.85. The molecule has 130 valence electrons. The summed E-state index contributed by atoms with van der Waals surface area (Å²) in [6.07, 6.45) is 7.09. The number of rotatable bonds is 3. The van der Waals surface area contributed by atoms with Gasteiger partial charge in [0.25, 0.3) is 0 Å². The van der Waals surface area contributed by atoms with Crippen molar-refractivity contribution in [3.63, 3.8) is 0 Å². The van der Waals surface area contributed by atoms with Gasteiger partial charge in [-0.05, 0) is 44.0 Å². The van der Waals surface area contributed by atoms with Gasteiger partial charge in [-0.1, -0.05) is 0 Å². The Bertz CT molecular complexity index is 1020. The van der Waals surface area contributed by atoms with Crippen LogP contribution in [0.15, 0.2) is 30.6 Å². The molecule has 2 aromatic heterocycles. The van der Waals surface area contributed by atoms with Crippen molar-refractivity contribution < 1.29 is 4.74 Å².